The number of alkyl halides is 2. The zero-order chi connectivity index (χ0) is 11.6. The van der Waals surface area contributed by atoms with Crippen molar-refractivity contribution in [2.45, 2.75) is 13.3 Å². The summed E-state index contributed by atoms with van der Waals surface area (Å²) in [7, 11) is 1.29. The van der Waals surface area contributed by atoms with Gasteiger partial charge in [-0.2, -0.15) is 0 Å². The smallest absolute Gasteiger partial charge is 0.303 e. The Hall–Kier alpha value is -1.79. The normalized spacial score (nSPS) is 10.5. The summed E-state index contributed by atoms with van der Waals surface area (Å²) >= 11 is 0. The molecule has 5 nitrogen and oxygen atoms in total. The molecule has 0 aliphatic heterocycles. The molecular weight excluding hydrogens is 210 g/mol. The number of pyridine rings is 1. The molecule has 0 radical (unpaired) electrons. The Morgan fingerprint density at radius 3 is 2.60 bits per heavy atom. The van der Waals surface area contributed by atoms with Crippen LogP contribution in [0.2, 0.25) is 0 Å². The lowest BCUT2D eigenvalue weighted by atomic mass is 10.2. The van der Waals surface area contributed by atoms with E-state index in [2.05, 4.69) is 4.98 Å². The van der Waals surface area contributed by atoms with Crippen LogP contribution in [0, 0.1) is 17.0 Å². The number of halogens is 2. The Labute approximate surface area is 83.8 Å². The zero-order valence-corrected chi connectivity index (χ0v) is 8.03. The largest absolute Gasteiger partial charge is 0.495 e. The average molecular weight is 218 g/mol. The topological polar surface area (TPSA) is 65.3 Å². The molecule has 15 heavy (non-hydrogen) atoms. The standard InChI is InChI=1S/C8H8F2N2O3/c1-4-5(15-2)3-11-6(8(9)10)7(4)12(13)14/h3,8H,1-2H3. The molecule has 1 heterocycles. The Bertz CT molecular complexity index is 396. The molecule has 0 spiro atoms. The molecule has 0 bridgehead atoms. The molecule has 0 saturated carbocycles. The molecule has 82 valence electrons. The summed E-state index contributed by atoms with van der Waals surface area (Å²) in [6, 6.07) is 0. The summed E-state index contributed by atoms with van der Waals surface area (Å²) in [5.74, 6) is 0.117. The van der Waals surface area contributed by atoms with E-state index in [1.54, 1.807) is 0 Å². The highest BCUT2D eigenvalue weighted by molar-refractivity contribution is 5.50. The number of hydrogen-bond donors (Lipinski definition) is 0. The molecule has 1 aromatic heterocycles. The van der Waals surface area contributed by atoms with Crippen LogP contribution in [0.4, 0.5) is 14.5 Å². The fourth-order valence-electron chi connectivity index (χ4n) is 1.19. The van der Waals surface area contributed by atoms with Gasteiger partial charge in [-0.1, -0.05) is 0 Å². The van der Waals surface area contributed by atoms with Gasteiger partial charge in [0.05, 0.1) is 23.8 Å². The number of aromatic nitrogens is 1. The summed E-state index contributed by atoms with van der Waals surface area (Å²) in [6.07, 6.45) is -1.93. The Kier molecular flexibility index (Phi) is 3.13. The third kappa shape index (κ3) is 2.00. The van der Waals surface area contributed by atoms with Gasteiger partial charge in [0, 0.05) is 0 Å². The van der Waals surface area contributed by atoms with Gasteiger partial charge in [-0.25, -0.2) is 13.8 Å². The Morgan fingerprint density at radius 2 is 2.20 bits per heavy atom. The predicted octanol–water partition coefficient (Wildman–Crippen LogP) is 2.24. The van der Waals surface area contributed by atoms with Crippen LogP contribution in [-0.2, 0) is 0 Å². The van der Waals surface area contributed by atoms with E-state index in [0.717, 1.165) is 6.20 Å². The van der Waals surface area contributed by atoms with E-state index in [9.17, 15) is 18.9 Å². The van der Waals surface area contributed by atoms with Crippen LogP contribution >= 0.6 is 0 Å². The van der Waals surface area contributed by atoms with Gasteiger partial charge >= 0.3 is 5.69 Å². The van der Waals surface area contributed by atoms with Gasteiger partial charge in [-0.3, -0.25) is 10.1 Å². The van der Waals surface area contributed by atoms with Crippen LogP contribution in [0.1, 0.15) is 17.7 Å². The number of hydrogen-bond acceptors (Lipinski definition) is 4. The SMILES string of the molecule is COc1cnc(C(F)F)c([N+](=O)[O-])c1C. The van der Waals surface area contributed by atoms with Crippen molar-refractivity contribution in [3.8, 4) is 5.75 Å². The summed E-state index contributed by atoms with van der Waals surface area (Å²) < 4.78 is 29.6. The van der Waals surface area contributed by atoms with Gasteiger partial charge in [-0.05, 0) is 6.92 Å². The van der Waals surface area contributed by atoms with Crippen LogP contribution in [-0.4, -0.2) is 17.0 Å². The summed E-state index contributed by atoms with van der Waals surface area (Å²) in [5.41, 5.74) is -1.48. The van der Waals surface area contributed by atoms with Crippen molar-refractivity contribution in [2.75, 3.05) is 7.11 Å². The second kappa shape index (κ2) is 4.16. The second-order valence-electron chi connectivity index (χ2n) is 2.74. The van der Waals surface area contributed by atoms with E-state index < -0.39 is 22.7 Å². The lowest BCUT2D eigenvalue weighted by molar-refractivity contribution is -0.387. The minimum Gasteiger partial charge on any atom is -0.495 e. The van der Waals surface area contributed by atoms with Crippen LogP contribution < -0.4 is 4.74 Å². The molecule has 0 amide bonds. The summed E-state index contributed by atoms with van der Waals surface area (Å²) in [5, 5.41) is 10.6. The van der Waals surface area contributed by atoms with Crippen LogP contribution in [0.5, 0.6) is 5.75 Å². The first-order valence-electron chi connectivity index (χ1n) is 3.95. The number of rotatable bonds is 3. The number of ether oxygens (including phenoxy) is 1. The van der Waals surface area contributed by atoms with Gasteiger partial charge in [0.15, 0.2) is 5.69 Å². The van der Waals surface area contributed by atoms with Crippen molar-refractivity contribution in [1.29, 1.82) is 0 Å². The Balaban J connectivity index is 3.44. The number of nitrogens with zero attached hydrogens (tertiary/aromatic N) is 2. The molecular formula is C8H8F2N2O3. The first-order valence-corrected chi connectivity index (χ1v) is 3.95. The molecule has 0 fully saturated rings. The maximum absolute atomic E-state index is 12.4. The van der Waals surface area contributed by atoms with Crippen molar-refractivity contribution in [1.82, 2.24) is 4.98 Å². The van der Waals surface area contributed by atoms with E-state index in [1.165, 1.54) is 14.0 Å². The van der Waals surface area contributed by atoms with E-state index in [4.69, 9.17) is 4.74 Å². The molecule has 0 aliphatic carbocycles. The van der Waals surface area contributed by atoms with E-state index in [0.29, 0.717) is 0 Å². The maximum atomic E-state index is 12.4. The van der Waals surface area contributed by atoms with Crippen molar-refractivity contribution in [3.63, 3.8) is 0 Å². The Morgan fingerprint density at radius 1 is 1.60 bits per heavy atom. The highest BCUT2D eigenvalue weighted by atomic mass is 19.3. The van der Waals surface area contributed by atoms with Gasteiger partial charge in [0.1, 0.15) is 5.75 Å². The zero-order valence-electron chi connectivity index (χ0n) is 8.03. The lowest BCUT2D eigenvalue weighted by Crippen LogP contribution is -2.03. The third-order valence-corrected chi connectivity index (χ3v) is 1.90. The molecule has 0 unspecified atom stereocenters. The fraction of sp³-hybridized carbons (Fsp3) is 0.375. The molecule has 0 aliphatic rings. The molecule has 7 heteroatoms. The lowest BCUT2D eigenvalue weighted by Gasteiger charge is -2.07. The van der Waals surface area contributed by atoms with E-state index in [1.807, 2.05) is 0 Å². The van der Waals surface area contributed by atoms with Crippen LogP contribution in [0.3, 0.4) is 0 Å². The van der Waals surface area contributed by atoms with Crippen molar-refractivity contribution >= 4 is 5.69 Å². The first kappa shape index (κ1) is 11.3. The van der Waals surface area contributed by atoms with Crippen molar-refractivity contribution in [3.05, 3.63) is 27.6 Å². The third-order valence-electron chi connectivity index (χ3n) is 1.90. The van der Waals surface area contributed by atoms with Crippen LogP contribution in [0.25, 0.3) is 0 Å². The van der Waals surface area contributed by atoms with Crippen molar-refractivity contribution in [2.24, 2.45) is 0 Å². The van der Waals surface area contributed by atoms with Crippen molar-refractivity contribution < 1.29 is 18.4 Å². The first-order chi connectivity index (χ1) is 6.99. The average Bonchev–Trinajstić information content (AvgIpc) is 2.16. The van der Waals surface area contributed by atoms with Crippen LogP contribution in [0.15, 0.2) is 6.20 Å². The maximum Gasteiger partial charge on any atom is 0.303 e. The minimum absolute atomic E-state index is 0.0489. The highest BCUT2D eigenvalue weighted by Gasteiger charge is 2.27. The molecule has 1 rings (SSSR count). The summed E-state index contributed by atoms with van der Waals surface area (Å²) in [4.78, 5) is 13.0. The van der Waals surface area contributed by atoms with Gasteiger partial charge in [0.25, 0.3) is 6.43 Å². The van der Waals surface area contributed by atoms with Gasteiger partial charge in [-0.15, -0.1) is 0 Å². The molecule has 0 N–H and O–H groups in total. The van der Waals surface area contributed by atoms with E-state index in [-0.39, 0.29) is 11.3 Å². The molecule has 1 aromatic rings. The molecule has 0 saturated heterocycles. The quantitative estimate of drug-likeness (QED) is 0.576. The fourth-order valence-corrected chi connectivity index (χ4v) is 1.19. The molecule has 0 aromatic carbocycles. The predicted molar refractivity (Wildman–Crippen MR) is 47.1 cm³/mol. The second-order valence-corrected chi connectivity index (χ2v) is 2.74. The number of methoxy groups -OCH3 is 1. The van der Waals surface area contributed by atoms with Gasteiger partial charge < -0.3 is 4.74 Å². The molecule has 0 atom stereocenters. The highest BCUT2D eigenvalue weighted by Crippen LogP contribution is 2.34. The minimum atomic E-state index is -2.98. The van der Waals surface area contributed by atoms with E-state index >= 15 is 0 Å². The monoisotopic (exact) mass is 218 g/mol. The summed E-state index contributed by atoms with van der Waals surface area (Å²) in [6.45, 7) is 1.34. The number of nitro groups is 1. The van der Waals surface area contributed by atoms with Gasteiger partial charge in [0.2, 0.25) is 0 Å².